The van der Waals surface area contributed by atoms with Gasteiger partial charge in [-0.25, -0.2) is 8.42 Å². The lowest BCUT2D eigenvalue weighted by Crippen LogP contribution is -2.51. The van der Waals surface area contributed by atoms with Gasteiger partial charge in [-0.3, -0.25) is 4.79 Å². The van der Waals surface area contributed by atoms with Crippen LogP contribution in [0.2, 0.25) is 10.0 Å². The molecule has 1 amide bonds. The maximum absolute atomic E-state index is 13.9. The summed E-state index contributed by atoms with van der Waals surface area (Å²) in [4.78, 5) is 15.3. The fraction of sp³-hybridized carbons (Fsp3) is 0.519. The Morgan fingerprint density at radius 2 is 1.63 bits per heavy atom. The van der Waals surface area contributed by atoms with Crippen molar-refractivity contribution in [3.05, 3.63) is 46.4 Å². The van der Waals surface area contributed by atoms with Crippen LogP contribution in [0.3, 0.4) is 0 Å². The molecule has 2 aliphatic heterocycles. The van der Waals surface area contributed by atoms with Gasteiger partial charge >= 0.3 is 0 Å². The lowest BCUT2D eigenvalue weighted by Gasteiger charge is -2.42. The molecule has 8 nitrogen and oxygen atoms in total. The zero-order valence-corrected chi connectivity index (χ0v) is 24.1. The van der Waals surface area contributed by atoms with Gasteiger partial charge in [0.15, 0.2) is 0 Å². The normalized spacial score (nSPS) is 20.7. The summed E-state index contributed by atoms with van der Waals surface area (Å²) in [5.41, 5.74) is -0.705. The van der Waals surface area contributed by atoms with E-state index in [1.807, 2.05) is 4.90 Å². The van der Waals surface area contributed by atoms with Crippen molar-refractivity contribution >= 4 is 39.1 Å². The molecule has 208 valence electrons. The number of hydrogen-bond acceptors (Lipinski definition) is 6. The molecule has 0 saturated carbocycles. The molecule has 2 fully saturated rings. The van der Waals surface area contributed by atoms with Gasteiger partial charge in [-0.1, -0.05) is 23.2 Å². The van der Waals surface area contributed by atoms with E-state index in [1.165, 1.54) is 30.7 Å². The van der Waals surface area contributed by atoms with Gasteiger partial charge in [-0.15, -0.1) is 0 Å². The number of rotatable bonds is 9. The molecule has 2 heterocycles. The van der Waals surface area contributed by atoms with Crippen molar-refractivity contribution in [3.8, 4) is 17.2 Å². The Labute approximate surface area is 234 Å². The average molecular weight is 586 g/mol. The molecule has 0 N–H and O–H groups in total. The zero-order valence-electron chi connectivity index (χ0n) is 21.8. The molecule has 38 heavy (non-hydrogen) atoms. The van der Waals surface area contributed by atoms with E-state index < -0.39 is 15.4 Å². The van der Waals surface area contributed by atoms with E-state index in [0.717, 1.165) is 32.4 Å². The molecular weight excluding hydrogens is 551 g/mol. The summed E-state index contributed by atoms with van der Waals surface area (Å²) in [7, 11) is -1.15. The second-order valence-electron chi connectivity index (χ2n) is 9.94. The number of sulfonamides is 1. The third kappa shape index (κ3) is 6.50. The van der Waals surface area contributed by atoms with Crippen LogP contribution in [0.5, 0.6) is 17.2 Å². The Hall–Kier alpha value is -2.20. The van der Waals surface area contributed by atoms with Crippen LogP contribution in [0.4, 0.5) is 0 Å². The largest absolute Gasteiger partial charge is 0.495 e. The molecule has 0 bridgehead atoms. The Balaban J connectivity index is 1.63. The summed E-state index contributed by atoms with van der Waals surface area (Å²) in [6.07, 6.45) is 4.53. The Bertz CT molecular complexity index is 1230. The number of amides is 1. The molecule has 2 aliphatic rings. The van der Waals surface area contributed by atoms with Crippen LogP contribution in [0.15, 0.2) is 41.3 Å². The SMILES string of the molecule is COc1cc(OC)c(S(=O)(=O)N2CCC[C@@](COc3ccc(Cl)cc3)(CC(=O)N3CCCCC3)C2)cc1Cl. The predicted molar refractivity (Wildman–Crippen MR) is 147 cm³/mol. The third-order valence-corrected chi connectivity index (χ3v) is 9.69. The highest BCUT2D eigenvalue weighted by Crippen LogP contribution is 2.41. The molecule has 2 aromatic rings. The summed E-state index contributed by atoms with van der Waals surface area (Å²) in [6.45, 7) is 2.11. The van der Waals surface area contributed by atoms with Crippen molar-refractivity contribution in [3.63, 3.8) is 0 Å². The second kappa shape index (κ2) is 12.3. The summed E-state index contributed by atoms with van der Waals surface area (Å²) in [5.74, 6) is 1.11. The van der Waals surface area contributed by atoms with Crippen molar-refractivity contribution < 1.29 is 27.4 Å². The van der Waals surface area contributed by atoms with Crippen molar-refractivity contribution in [2.24, 2.45) is 5.41 Å². The molecule has 0 radical (unpaired) electrons. The minimum atomic E-state index is -4.00. The van der Waals surface area contributed by atoms with E-state index in [0.29, 0.717) is 35.9 Å². The molecule has 0 spiro atoms. The van der Waals surface area contributed by atoms with Gasteiger partial charge in [0.25, 0.3) is 0 Å². The lowest BCUT2D eigenvalue weighted by atomic mass is 9.78. The van der Waals surface area contributed by atoms with Crippen LogP contribution in [0.25, 0.3) is 0 Å². The van der Waals surface area contributed by atoms with Gasteiger partial charge in [0.2, 0.25) is 15.9 Å². The van der Waals surface area contributed by atoms with Crippen LogP contribution in [-0.2, 0) is 14.8 Å². The van der Waals surface area contributed by atoms with Crippen LogP contribution in [0.1, 0.15) is 38.5 Å². The average Bonchev–Trinajstić information content (AvgIpc) is 2.93. The number of piperidine rings is 2. The molecule has 0 unspecified atom stereocenters. The van der Waals surface area contributed by atoms with E-state index in [9.17, 15) is 13.2 Å². The standard InChI is InChI=1S/C27H34Cl2N2O6S/c1-35-23-16-24(36-2)25(15-22(23)29)38(33,34)31-14-6-11-27(18-31,17-26(32)30-12-4-3-5-13-30)19-37-21-9-7-20(28)8-10-21/h7-10,15-16H,3-6,11-14,17-19H2,1-2H3/t27-/m1/s1. The Morgan fingerprint density at radius 3 is 2.29 bits per heavy atom. The Morgan fingerprint density at radius 1 is 0.947 bits per heavy atom. The molecule has 4 rings (SSSR count). The molecule has 2 aromatic carbocycles. The second-order valence-corrected chi connectivity index (χ2v) is 12.7. The fourth-order valence-electron chi connectivity index (χ4n) is 5.20. The summed E-state index contributed by atoms with van der Waals surface area (Å²) in [6, 6.07) is 9.83. The summed E-state index contributed by atoms with van der Waals surface area (Å²) in [5, 5.41) is 0.760. The first-order chi connectivity index (χ1) is 18.2. The summed E-state index contributed by atoms with van der Waals surface area (Å²) < 4.78 is 46.0. The number of benzene rings is 2. The number of methoxy groups -OCH3 is 2. The number of halogens is 2. The highest BCUT2D eigenvalue weighted by molar-refractivity contribution is 7.89. The van der Waals surface area contributed by atoms with E-state index >= 15 is 0 Å². The predicted octanol–water partition coefficient (Wildman–Crippen LogP) is 5.26. The van der Waals surface area contributed by atoms with E-state index in [1.54, 1.807) is 24.3 Å². The fourth-order valence-corrected chi connectivity index (χ4v) is 7.38. The lowest BCUT2D eigenvalue weighted by molar-refractivity contribution is -0.136. The first kappa shape index (κ1) is 28.8. The van der Waals surface area contributed by atoms with Crippen molar-refractivity contribution in [1.82, 2.24) is 9.21 Å². The van der Waals surface area contributed by atoms with Gasteiger partial charge in [0.1, 0.15) is 22.1 Å². The van der Waals surface area contributed by atoms with Crippen LogP contribution >= 0.6 is 23.2 Å². The minimum Gasteiger partial charge on any atom is -0.495 e. The highest BCUT2D eigenvalue weighted by Gasteiger charge is 2.44. The molecular formula is C27H34Cl2N2O6S. The maximum atomic E-state index is 13.9. The van der Waals surface area contributed by atoms with Gasteiger partial charge in [0.05, 0.1) is 25.8 Å². The van der Waals surface area contributed by atoms with E-state index in [-0.39, 0.29) is 41.1 Å². The van der Waals surface area contributed by atoms with E-state index in [2.05, 4.69) is 0 Å². The van der Waals surface area contributed by atoms with E-state index in [4.69, 9.17) is 37.4 Å². The van der Waals surface area contributed by atoms with Crippen LogP contribution in [-0.4, -0.2) is 70.5 Å². The molecule has 2 saturated heterocycles. The maximum Gasteiger partial charge on any atom is 0.246 e. The van der Waals surface area contributed by atoms with Crippen LogP contribution in [0, 0.1) is 5.41 Å². The molecule has 11 heteroatoms. The van der Waals surface area contributed by atoms with Gasteiger partial charge in [-0.05, 0) is 62.4 Å². The first-order valence-corrected chi connectivity index (χ1v) is 14.9. The first-order valence-electron chi connectivity index (χ1n) is 12.8. The smallest absolute Gasteiger partial charge is 0.246 e. The quantitative estimate of drug-likeness (QED) is 0.399. The minimum absolute atomic E-state index is 0.0359. The van der Waals surface area contributed by atoms with Crippen molar-refractivity contribution in [1.29, 1.82) is 0 Å². The molecule has 0 aromatic heterocycles. The highest BCUT2D eigenvalue weighted by atomic mass is 35.5. The Kier molecular flexibility index (Phi) is 9.34. The van der Waals surface area contributed by atoms with Gasteiger partial charge in [0, 0.05) is 49.1 Å². The molecule has 1 atom stereocenters. The number of hydrogen-bond donors (Lipinski definition) is 0. The van der Waals surface area contributed by atoms with Crippen molar-refractivity contribution in [2.45, 2.75) is 43.4 Å². The van der Waals surface area contributed by atoms with Gasteiger partial charge < -0.3 is 19.1 Å². The zero-order chi connectivity index (χ0) is 27.3. The number of carbonyl (C=O) groups is 1. The number of likely N-dealkylation sites (tertiary alicyclic amines) is 1. The van der Waals surface area contributed by atoms with Crippen molar-refractivity contribution in [2.75, 3.05) is 47.0 Å². The van der Waals surface area contributed by atoms with Crippen LogP contribution < -0.4 is 14.2 Å². The monoisotopic (exact) mass is 584 g/mol. The number of nitrogens with zero attached hydrogens (tertiary/aromatic N) is 2. The topological polar surface area (TPSA) is 85.4 Å². The number of carbonyl (C=O) groups excluding carboxylic acids is 1. The van der Waals surface area contributed by atoms with Gasteiger partial charge in [-0.2, -0.15) is 4.31 Å². The number of ether oxygens (including phenoxy) is 3. The molecule has 0 aliphatic carbocycles. The summed E-state index contributed by atoms with van der Waals surface area (Å²) >= 11 is 12.3. The third-order valence-electron chi connectivity index (χ3n) is 7.28.